The number of carbonyl (C=O) groups is 1. The highest BCUT2D eigenvalue weighted by Crippen LogP contribution is 2.45. The van der Waals surface area contributed by atoms with Gasteiger partial charge in [0.2, 0.25) is 0 Å². The van der Waals surface area contributed by atoms with Crippen LogP contribution in [0.25, 0.3) is 0 Å². The first-order chi connectivity index (χ1) is 15.5. The molecule has 1 saturated carbocycles. The maximum absolute atomic E-state index is 12.8. The molecule has 3 rings (SSSR count). The van der Waals surface area contributed by atoms with Crippen molar-refractivity contribution in [3.8, 4) is 0 Å². The van der Waals surface area contributed by atoms with Crippen molar-refractivity contribution in [2.24, 2.45) is 10.9 Å². The van der Waals surface area contributed by atoms with E-state index in [-0.39, 0.29) is 22.5 Å². The van der Waals surface area contributed by atoms with E-state index in [0.29, 0.717) is 5.57 Å². The first kappa shape index (κ1) is 25.5. The van der Waals surface area contributed by atoms with Crippen LogP contribution in [-0.2, 0) is 22.0 Å². The summed E-state index contributed by atoms with van der Waals surface area (Å²) < 4.78 is 0. The Bertz CT molecular complexity index is 954. The first-order valence-corrected chi connectivity index (χ1v) is 12.9. The molecule has 0 aliphatic heterocycles. The molecule has 0 bridgehead atoms. The second-order valence-corrected chi connectivity index (χ2v) is 11.6. The molecule has 2 aliphatic rings. The normalized spacial score (nSPS) is 18.3. The summed E-state index contributed by atoms with van der Waals surface area (Å²) in [4.78, 5) is 19.8. The van der Waals surface area contributed by atoms with Crippen molar-refractivity contribution in [1.82, 2.24) is 0 Å². The number of Topliss-reactive ketones (excluding diaryl/α,β-unsaturated/α-hetero) is 1. The zero-order chi connectivity index (χ0) is 24.4. The summed E-state index contributed by atoms with van der Waals surface area (Å²) in [5.41, 5.74) is 6.49. The molecule has 3 nitrogen and oxygen atoms in total. The fourth-order valence-corrected chi connectivity index (χ4v) is 4.87. The lowest BCUT2D eigenvalue weighted by atomic mass is 9.80. The Hall–Kier alpha value is -2.16. The maximum Gasteiger partial charge on any atom is 0.167 e. The molecule has 2 aliphatic carbocycles. The number of benzene rings is 1. The number of hydrogen-bond donors (Lipinski definition) is 0. The molecular formula is C30H44N2O. The third-order valence-electron chi connectivity index (χ3n) is 7.58. The van der Waals surface area contributed by atoms with Crippen LogP contribution in [0.3, 0.4) is 0 Å². The van der Waals surface area contributed by atoms with Gasteiger partial charge in [0, 0.05) is 29.9 Å². The van der Waals surface area contributed by atoms with Crippen LogP contribution >= 0.6 is 0 Å². The molecule has 1 aromatic carbocycles. The quantitative estimate of drug-likeness (QED) is 0.287. The van der Waals surface area contributed by atoms with Crippen LogP contribution in [0, 0.1) is 5.92 Å². The molecule has 33 heavy (non-hydrogen) atoms. The van der Waals surface area contributed by atoms with Gasteiger partial charge in [-0.2, -0.15) is 0 Å². The average molecular weight is 449 g/mol. The molecule has 180 valence electrons. The Balaban J connectivity index is 1.99. The monoisotopic (exact) mass is 448 g/mol. The number of hydrogen-bond acceptors (Lipinski definition) is 3. The molecule has 0 heterocycles. The lowest BCUT2D eigenvalue weighted by molar-refractivity contribution is -0.120. The highest BCUT2D eigenvalue weighted by molar-refractivity contribution is 6.14. The number of fused-ring (bicyclic) bond motifs is 1. The van der Waals surface area contributed by atoms with E-state index in [2.05, 4.69) is 65.2 Å². The lowest BCUT2D eigenvalue weighted by Gasteiger charge is -2.31. The third-order valence-corrected chi connectivity index (χ3v) is 7.58. The van der Waals surface area contributed by atoms with Crippen molar-refractivity contribution in [2.75, 3.05) is 11.4 Å². The summed E-state index contributed by atoms with van der Waals surface area (Å²) in [5, 5.41) is 0. The minimum absolute atomic E-state index is 0.0663. The highest BCUT2D eigenvalue weighted by atomic mass is 16.1. The topological polar surface area (TPSA) is 32.7 Å². The van der Waals surface area contributed by atoms with Crippen molar-refractivity contribution in [2.45, 2.75) is 104 Å². The molecule has 3 heteroatoms. The number of unbranched alkanes of at least 4 members (excludes halogenated alkanes) is 1. The summed E-state index contributed by atoms with van der Waals surface area (Å²) in [6.07, 6.45) is 11.3. The van der Waals surface area contributed by atoms with Crippen LogP contribution in [0.15, 0.2) is 41.2 Å². The molecule has 0 amide bonds. The van der Waals surface area contributed by atoms with Crippen molar-refractivity contribution < 1.29 is 4.79 Å². The number of aliphatic imine (C=N–C) groups is 1. The van der Waals surface area contributed by atoms with Gasteiger partial charge in [-0.3, -0.25) is 4.79 Å². The van der Waals surface area contributed by atoms with Gasteiger partial charge in [0.1, 0.15) is 5.82 Å². The predicted octanol–water partition coefficient (Wildman–Crippen LogP) is 7.67. The second-order valence-electron chi connectivity index (χ2n) is 11.6. The molecule has 0 radical (unpaired) electrons. The Morgan fingerprint density at radius 2 is 1.97 bits per heavy atom. The van der Waals surface area contributed by atoms with Gasteiger partial charge in [0.05, 0.1) is 0 Å². The summed E-state index contributed by atoms with van der Waals surface area (Å²) in [6.45, 7) is 21.0. The maximum atomic E-state index is 12.8. The predicted molar refractivity (Wildman–Crippen MR) is 142 cm³/mol. The van der Waals surface area contributed by atoms with E-state index in [1.165, 1.54) is 28.8 Å². The number of allylic oxidation sites excluding steroid dienone is 2. The van der Waals surface area contributed by atoms with Crippen molar-refractivity contribution in [1.29, 1.82) is 0 Å². The number of ketones is 1. The van der Waals surface area contributed by atoms with E-state index in [4.69, 9.17) is 4.99 Å². The molecule has 0 N–H and O–H groups in total. The fourth-order valence-electron chi connectivity index (χ4n) is 4.87. The average Bonchev–Trinajstić information content (AvgIpc) is 3.01. The van der Waals surface area contributed by atoms with Crippen molar-refractivity contribution >= 4 is 17.7 Å². The highest BCUT2D eigenvalue weighted by Gasteiger charge is 2.34. The molecule has 1 aromatic rings. The largest absolute Gasteiger partial charge is 0.327 e. The SMILES string of the molecule is C=C(/N=C\C(=C/C)C(=O)C1CCC1)N(CCCC)c1cc(C(C)(C)C)cc2c1CCC2(C)C. The van der Waals surface area contributed by atoms with Gasteiger partial charge in [-0.1, -0.05) is 73.1 Å². The van der Waals surface area contributed by atoms with E-state index in [0.717, 1.165) is 50.9 Å². The Morgan fingerprint density at radius 1 is 1.27 bits per heavy atom. The molecule has 0 unspecified atom stereocenters. The zero-order valence-electron chi connectivity index (χ0n) is 22.1. The number of rotatable bonds is 9. The number of carbonyl (C=O) groups excluding carboxylic acids is 1. The second kappa shape index (κ2) is 9.99. The van der Waals surface area contributed by atoms with E-state index in [1.807, 2.05) is 13.0 Å². The standard InChI is InChI=1S/C30H44N2O/c1-9-11-17-32(21(3)31-20-22(10-2)28(33)23-13-12-14-23)27-19-24(29(4,5)6)18-26-25(27)15-16-30(26,7)8/h10,18-20,23H,3,9,11-17H2,1-2,4-8H3/b22-10+,31-20-. The van der Waals surface area contributed by atoms with Gasteiger partial charge in [-0.15, -0.1) is 0 Å². The summed E-state index contributed by atoms with van der Waals surface area (Å²) >= 11 is 0. The van der Waals surface area contributed by atoms with E-state index >= 15 is 0 Å². The minimum atomic E-state index is 0.0663. The fraction of sp³-hybridized carbons (Fsp3) is 0.600. The van der Waals surface area contributed by atoms with Gasteiger partial charge in [-0.25, -0.2) is 4.99 Å². The van der Waals surface area contributed by atoms with Crippen LogP contribution in [0.2, 0.25) is 0 Å². The van der Waals surface area contributed by atoms with Crippen LogP contribution in [0.1, 0.15) is 104 Å². The van der Waals surface area contributed by atoms with Crippen LogP contribution < -0.4 is 4.90 Å². The Labute approximate surface area is 202 Å². The Kier molecular flexibility index (Phi) is 7.71. The summed E-state index contributed by atoms with van der Waals surface area (Å²) in [7, 11) is 0. The van der Waals surface area contributed by atoms with Gasteiger partial charge in [0.15, 0.2) is 5.78 Å². The molecule has 0 saturated heterocycles. The van der Waals surface area contributed by atoms with Crippen LogP contribution in [0.4, 0.5) is 5.69 Å². The van der Waals surface area contributed by atoms with Crippen molar-refractivity contribution in [3.63, 3.8) is 0 Å². The van der Waals surface area contributed by atoms with E-state index in [9.17, 15) is 4.79 Å². The molecule has 1 fully saturated rings. The molecule has 0 spiro atoms. The molecular weight excluding hydrogens is 404 g/mol. The number of anilines is 1. The van der Waals surface area contributed by atoms with Gasteiger partial charge in [-0.05, 0) is 72.6 Å². The smallest absolute Gasteiger partial charge is 0.167 e. The number of nitrogens with zero attached hydrogens (tertiary/aromatic N) is 2. The first-order valence-electron chi connectivity index (χ1n) is 12.9. The lowest BCUT2D eigenvalue weighted by Crippen LogP contribution is -2.26. The van der Waals surface area contributed by atoms with Gasteiger partial charge in [0.25, 0.3) is 0 Å². The van der Waals surface area contributed by atoms with E-state index in [1.54, 1.807) is 6.21 Å². The van der Waals surface area contributed by atoms with Gasteiger partial charge >= 0.3 is 0 Å². The van der Waals surface area contributed by atoms with E-state index < -0.39 is 0 Å². The van der Waals surface area contributed by atoms with Crippen molar-refractivity contribution in [3.05, 3.63) is 52.9 Å². The third kappa shape index (κ3) is 5.50. The minimum Gasteiger partial charge on any atom is -0.327 e. The zero-order valence-corrected chi connectivity index (χ0v) is 22.1. The van der Waals surface area contributed by atoms with Gasteiger partial charge < -0.3 is 4.90 Å². The molecule has 0 atom stereocenters. The summed E-state index contributed by atoms with van der Waals surface area (Å²) in [5.74, 6) is 1.14. The Morgan fingerprint density at radius 3 is 2.52 bits per heavy atom. The van der Waals surface area contributed by atoms with Crippen LogP contribution in [-0.4, -0.2) is 18.5 Å². The molecule has 0 aromatic heterocycles. The van der Waals surface area contributed by atoms with Crippen LogP contribution in [0.5, 0.6) is 0 Å². The summed E-state index contributed by atoms with van der Waals surface area (Å²) in [6, 6.07) is 4.80.